The maximum Gasteiger partial charge on any atom is 0.0867 e. The van der Waals surface area contributed by atoms with Crippen LogP contribution in [0.15, 0.2) is 54.6 Å². The Kier molecular flexibility index (Phi) is 8.34. The maximum absolute atomic E-state index is 6.44. The van der Waals surface area contributed by atoms with Gasteiger partial charge in [0.1, 0.15) is 0 Å². The highest BCUT2D eigenvalue weighted by Gasteiger charge is 2.27. The standard InChI is InChI=1S/C24H33NO2/c1-26-17-8-18-27-24(22-12-7-16-25-19-22)23-13-6-5-11-21(23)15-14-20-9-3-2-4-10-20/h2-6,9-11,13,22,24-25H,7-8,12,14-19H2,1H3/t22-,24?/m1/s1. The lowest BCUT2D eigenvalue weighted by molar-refractivity contribution is -0.00551. The Bertz CT molecular complexity index is 652. The van der Waals surface area contributed by atoms with Crippen molar-refractivity contribution >= 4 is 0 Å². The average molecular weight is 368 g/mol. The molecule has 2 aromatic rings. The van der Waals surface area contributed by atoms with Crippen LogP contribution in [-0.4, -0.2) is 33.4 Å². The molecule has 27 heavy (non-hydrogen) atoms. The summed E-state index contributed by atoms with van der Waals surface area (Å²) in [5.41, 5.74) is 4.19. The largest absolute Gasteiger partial charge is 0.385 e. The van der Waals surface area contributed by atoms with Gasteiger partial charge in [-0.1, -0.05) is 54.6 Å². The van der Waals surface area contributed by atoms with Crippen molar-refractivity contribution in [1.82, 2.24) is 5.32 Å². The maximum atomic E-state index is 6.44. The van der Waals surface area contributed by atoms with E-state index >= 15 is 0 Å². The first kappa shape index (κ1) is 20.1. The number of rotatable bonds is 10. The predicted octanol–water partition coefficient (Wildman–Crippen LogP) is 4.57. The number of nitrogens with one attached hydrogen (secondary N) is 1. The lowest BCUT2D eigenvalue weighted by Gasteiger charge is -2.32. The fourth-order valence-corrected chi connectivity index (χ4v) is 3.99. The Morgan fingerprint density at radius 1 is 1.00 bits per heavy atom. The molecule has 0 spiro atoms. The minimum atomic E-state index is 0.168. The summed E-state index contributed by atoms with van der Waals surface area (Å²) < 4.78 is 11.6. The van der Waals surface area contributed by atoms with Gasteiger partial charge >= 0.3 is 0 Å². The van der Waals surface area contributed by atoms with Gasteiger partial charge in [0.05, 0.1) is 6.10 Å². The number of hydrogen-bond donors (Lipinski definition) is 1. The summed E-state index contributed by atoms with van der Waals surface area (Å²) in [5.74, 6) is 0.541. The molecule has 1 aliphatic rings. The number of benzene rings is 2. The molecule has 2 atom stereocenters. The SMILES string of the molecule is COCCCOC(c1ccccc1CCc1ccccc1)[C@@H]1CCCNC1. The van der Waals surface area contributed by atoms with Gasteiger partial charge in [-0.25, -0.2) is 0 Å². The van der Waals surface area contributed by atoms with Crippen LogP contribution in [0.4, 0.5) is 0 Å². The smallest absolute Gasteiger partial charge is 0.0867 e. The van der Waals surface area contributed by atoms with Crippen LogP contribution in [-0.2, 0) is 22.3 Å². The van der Waals surface area contributed by atoms with Gasteiger partial charge in [0.15, 0.2) is 0 Å². The summed E-state index contributed by atoms with van der Waals surface area (Å²) in [4.78, 5) is 0. The van der Waals surface area contributed by atoms with Crippen LogP contribution in [0, 0.1) is 5.92 Å². The van der Waals surface area contributed by atoms with E-state index in [9.17, 15) is 0 Å². The molecular formula is C24H33NO2. The summed E-state index contributed by atoms with van der Waals surface area (Å²) in [5, 5.41) is 3.56. The molecule has 0 aliphatic carbocycles. The summed E-state index contributed by atoms with van der Waals surface area (Å²) in [6.07, 6.45) is 5.69. The molecule has 0 aromatic heterocycles. The summed E-state index contributed by atoms with van der Waals surface area (Å²) >= 11 is 0. The number of piperidine rings is 1. The number of ether oxygens (including phenoxy) is 2. The van der Waals surface area contributed by atoms with Crippen LogP contribution in [0.25, 0.3) is 0 Å². The van der Waals surface area contributed by atoms with Crippen molar-refractivity contribution in [2.45, 2.75) is 38.2 Å². The minimum absolute atomic E-state index is 0.168. The molecule has 1 fully saturated rings. The van der Waals surface area contributed by atoms with Crippen molar-refractivity contribution in [3.63, 3.8) is 0 Å². The van der Waals surface area contributed by atoms with E-state index in [0.717, 1.165) is 45.6 Å². The molecule has 1 aliphatic heterocycles. The first-order valence-electron chi connectivity index (χ1n) is 10.3. The highest BCUT2D eigenvalue weighted by Crippen LogP contribution is 2.33. The van der Waals surface area contributed by atoms with E-state index in [1.54, 1.807) is 7.11 Å². The lowest BCUT2D eigenvalue weighted by atomic mass is 9.86. The highest BCUT2D eigenvalue weighted by atomic mass is 16.5. The van der Waals surface area contributed by atoms with Crippen molar-refractivity contribution in [1.29, 1.82) is 0 Å². The van der Waals surface area contributed by atoms with E-state index in [0.29, 0.717) is 5.92 Å². The van der Waals surface area contributed by atoms with Crippen molar-refractivity contribution < 1.29 is 9.47 Å². The Hall–Kier alpha value is -1.68. The van der Waals surface area contributed by atoms with Crippen LogP contribution in [0.5, 0.6) is 0 Å². The molecule has 0 saturated carbocycles. The molecule has 1 saturated heterocycles. The third-order valence-electron chi connectivity index (χ3n) is 5.44. The molecule has 1 heterocycles. The van der Waals surface area contributed by atoms with Crippen LogP contribution in [0.1, 0.15) is 42.1 Å². The highest BCUT2D eigenvalue weighted by molar-refractivity contribution is 5.31. The third-order valence-corrected chi connectivity index (χ3v) is 5.44. The number of methoxy groups -OCH3 is 1. The van der Waals surface area contributed by atoms with E-state index in [2.05, 4.69) is 59.9 Å². The third kappa shape index (κ3) is 6.17. The molecule has 146 valence electrons. The molecule has 0 radical (unpaired) electrons. The summed E-state index contributed by atoms with van der Waals surface area (Å²) in [7, 11) is 1.75. The van der Waals surface area contributed by atoms with Crippen molar-refractivity contribution in [3.8, 4) is 0 Å². The fraction of sp³-hybridized carbons (Fsp3) is 0.500. The van der Waals surface area contributed by atoms with Gasteiger partial charge in [-0.2, -0.15) is 0 Å². The van der Waals surface area contributed by atoms with Crippen LogP contribution >= 0.6 is 0 Å². The molecular weight excluding hydrogens is 334 g/mol. The van der Waals surface area contributed by atoms with Crippen LogP contribution in [0.2, 0.25) is 0 Å². The van der Waals surface area contributed by atoms with Crippen LogP contribution in [0.3, 0.4) is 0 Å². The topological polar surface area (TPSA) is 30.5 Å². The van der Waals surface area contributed by atoms with Gasteiger partial charge in [-0.3, -0.25) is 0 Å². The van der Waals surface area contributed by atoms with Crippen molar-refractivity contribution in [3.05, 3.63) is 71.3 Å². The Labute approximate surface area is 164 Å². The van der Waals surface area contributed by atoms with Crippen molar-refractivity contribution in [2.75, 3.05) is 33.4 Å². The molecule has 3 nitrogen and oxygen atoms in total. The second kappa shape index (κ2) is 11.2. The van der Waals surface area contributed by atoms with Gasteiger partial charge in [0.25, 0.3) is 0 Å². The molecule has 1 N–H and O–H groups in total. The van der Waals surface area contributed by atoms with E-state index in [1.807, 2.05) is 0 Å². The average Bonchev–Trinajstić information content (AvgIpc) is 2.74. The summed E-state index contributed by atoms with van der Waals surface area (Å²) in [6.45, 7) is 3.68. The molecule has 1 unspecified atom stereocenters. The number of hydrogen-bond acceptors (Lipinski definition) is 3. The second-order valence-electron chi connectivity index (χ2n) is 7.43. The zero-order valence-electron chi connectivity index (χ0n) is 16.5. The van der Waals surface area contributed by atoms with E-state index in [1.165, 1.54) is 29.5 Å². The zero-order chi connectivity index (χ0) is 18.7. The predicted molar refractivity (Wildman–Crippen MR) is 111 cm³/mol. The van der Waals surface area contributed by atoms with Gasteiger partial charge in [-0.15, -0.1) is 0 Å². The van der Waals surface area contributed by atoms with Gasteiger partial charge < -0.3 is 14.8 Å². The van der Waals surface area contributed by atoms with E-state index < -0.39 is 0 Å². The molecule has 3 rings (SSSR count). The normalized spacial score (nSPS) is 18.3. The lowest BCUT2D eigenvalue weighted by Crippen LogP contribution is -2.34. The fourth-order valence-electron chi connectivity index (χ4n) is 3.99. The quantitative estimate of drug-likeness (QED) is 0.624. The molecule has 2 aromatic carbocycles. The van der Waals surface area contributed by atoms with Gasteiger partial charge in [0.2, 0.25) is 0 Å². The monoisotopic (exact) mass is 367 g/mol. The Balaban J connectivity index is 1.73. The number of aryl methyl sites for hydroxylation is 2. The van der Waals surface area contributed by atoms with Crippen molar-refractivity contribution in [2.24, 2.45) is 5.92 Å². The zero-order valence-corrected chi connectivity index (χ0v) is 16.5. The first-order chi connectivity index (χ1) is 13.4. The molecule has 0 amide bonds. The summed E-state index contributed by atoms with van der Waals surface area (Å²) in [6, 6.07) is 19.6. The first-order valence-corrected chi connectivity index (χ1v) is 10.3. The Morgan fingerprint density at radius 3 is 2.59 bits per heavy atom. The van der Waals surface area contributed by atoms with Crippen LogP contribution < -0.4 is 5.32 Å². The van der Waals surface area contributed by atoms with Gasteiger partial charge in [0, 0.05) is 32.8 Å². The van der Waals surface area contributed by atoms with E-state index in [4.69, 9.17) is 9.47 Å². The molecule has 3 heteroatoms. The van der Waals surface area contributed by atoms with E-state index in [-0.39, 0.29) is 6.10 Å². The Morgan fingerprint density at radius 2 is 1.81 bits per heavy atom. The second-order valence-corrected chi connectivity index (χ2v) is 7.43. The minimum Gasteiger partial charge on any atom is -0.385 e. The van der Waals surface area contributed by atoms with Gasteiger partial charge in [-0.05, 0) is 55.3 Å². The molecule has 0 bridgehead atoms.